The first kappa shape index (κ1) is 13.9. The average molecular weight is 345 g/mol. The van der Waals surface area contributed by atoms with Gasteiger partial charge in [0.15, 0.2) is 0 Å². The van der Waals surface area contributed by atoms with Crippen molar-refractivity contribution in [2.45, 2.75) is 22.9 Å². The van der Waals surface area contributed by atoms with Gasteiger partial charge in [-0.25, -0.2) is 4.98 Å². The molecule has 1 unspecified atom stereocenters. The first-order valence-electron chi connectivity index (χ1n) is 5.33. The first-order chi connectivity index (χ1) is 8.56. The second-order valence-corrected chi connectivity index (χ2v) is 6.19. The molecule has 2 rings (SSSR count). The Kier molecular flexibility index (Phi) is 4.67. The summed E-state index contributed by atoms with van der Waals surface area (Å²) in [6.45, 7) is 1.75. The zero-order valence-electron chi connectivity index (χ0n) is 9.60. The van der Waals surface area contributed by atoms with E-state index in [2.05, 4.69) is 20.9 Å². The highest BCUT2D eigenvalue weighted by Gasteiger charge is 2.10. The Bertz CT molecular complexity index is 545. The van der Waals surface area contributed by atoms with Crippen LogP contribution in [0.3, 0.4) is 0 Å². The molecule has 0 bridgehead atoms. The molecule has 5 heteroatoms. The van der Waals surface area contributed by atoms with Gasteiger partial charge in [0, 0.05) is 15.6 Å². The minimum Gasteiger partial charge on any atom is -0.389 e. The Labute approximate surface area is 124 Å². The number of aliphatic hydroxyl groups is 1. The predicted molar refractivity (Wildman–Crippen MR) is 78.1 cm³/mol. The quantitative estimate of drug-likeness (QED) is 0.876. The van der Waals surface area contributed by atoms with Crippen LogP contribution in [0.25, 0.3) is 0 Å². The van der Waals surface area contributed by atoms with Gasteiger partial charge in [-0.1, -0.05) is 39.3 Å². The largest absolute Gasteiger partial charge is 0.389 e. The van der Waals surface area contributed by atoms with E-state index < -0.39 is 6.10 Å². The maximum absolute atomic E-state index is 9.78. The van der Waals surface area contributed by atoms with Gasteiger partial charge in [-0.05, 0) is 42.8 Å². The van der Waals surface area contributed by atoms with Gasteiger partial charge in [-0.15, -0.1) is 0 Å². The van der Waals surface area contributed by atoms with Gasteiger partial charge >= 0.3 is 0 Å². The van der Waals surface area contributed by atoms with Crippen molar-refractivity contribution in [1.29, 1.82) is 0 Å². The monoisotopic (exact) mass is 343 g/mol. The molecule has 0 amide bonds. The molecule has 2 nitrogen and oxygen atoms in total. The second kappa shape index (κ2) is 6.06. The summed E-state index contributed by atoms with van der Waals surface area (Å²) in [5, 5.41) is 11.2. The van der Waals surface area contributed by atoms with E-state index in [9.17, 15) is 5.11 Å². The smallest absolute Gasteiger partial charge is 0.101 e. The maximum atomic E-state index is 9.78. The molecule has 0 aliphatic heterocycles. The van der Waals surface area contributed by atoms with Gasteiger partial charge in [-0.2, -0.15) is 0 Å². The van der Waals surface area contributed by atoms with Crippen LogP contribution in [0.15, 0.2) is 50.9 Å². The molecule has 0 radical (unpaired) electrons. The van der Waals surface area contributed by atoms with E-state index in [0.29, 0.717) is 5.02 Å². The summed E-state index contributed by atoms with van der Waals surface area (Å²) in [7, 11) is 0. The summed E-state index contributed by atoms with van der Waals surface area (Å²) >= 11 is 10.7. The Morgan fingerprint density at radius 2 is 2.11 bits per heavy atom. The molecule has 2 aromatic rings. The Morgan fingerprint density at radius 3 is 2.72 bits per heavy atom. The molecular weight excluding hydrogens is 334 g/mol. The third-order valence-electron chi connectivity index (χ3n) is 2.34. The van der Waals surface area contributed by atoms with Gasteiger partial charge in [0.25, 0.3) is 0 Å². The fourth-order valence-electron chi connectivity index (χ4n) is 1.47. The van der Waals surface area contributed by atoms with Crippen LogP contribution in [0.2, 0.25) is 5.02 Å². The number of hydrogen-bond donors (Lipinski definition) is 1. The van der Waals surface area contributed by atoms with Crippen LogP contribution in [0.5, 0.6) is 0 Å². The van der Waals surface area contributed by atoms with Gasteiger partial charge in [0.05, 0.1) is 11.1 Å². The molecule has 0 saturated carbocycles. The third kappa shape index (κ3) is 3.48. The fourth-order valence-corrected chi connectivity index (χ4v) is 2.91. The number of hydrogen-bond acceptors (Lipinski definition) is 3. The van der Waals surface area contributed by atoms with Crippen LogP contribution >= 0.6 is 39.3 Å². The van der Waals surface area contributed by atoms with Crippen molar-refractivity contribution >= 4 is 39.3 Å². The van der Waals surface area contributed by atoms with Crippen molar-refractivity contribution in [3.05, 3.63) is 51.6 Å². The van der Waals surface area contributed by atoms with E-state index in [0.717, 1.165) is 20.0 Å². The van der Waals surface area contributed by atoms with Crippen LogP contribution in [0, 0.1) is 0 Å². The second-order valence-electron chi connectivity index (χ2n) is 3.77. The molecule has 0 saturated heterocycles. The molecular formula is C13H11BrClNOS. The highest BCUT2D eigenvalue weighted by Crippen LogP contribution is 2.34. The van der Waals surface area contributed by atoms with Crippen LogP contribution in [0.1, 0.15) is 18.6 Å². The molecule has 0 fully saturated rings. The summed E-state index contributed by atoms with van der Waals surface area (Å²) in [5.74, 6) is 0. The Balaban J connectivity index is 2.31. The molecule has 1 N–H and O–H groups in total. The summed E-state index contributed by atoms with van der Waals surface area (Å²) < 4.78 is 0.951. The lowest BCUT2D eigenvalue weighted by molar-refractivity contribution is 0.196. The third-order valence-corrected chi connectivity index (χ3v) is 4.10. The molecule has 1 aromatic heterocycles. The van der Waals surface area contributed by atoms with E-state index in [1.54, 1.807) is 19.2 Å². The molecule has 0 aliphatic carbocycles. The number of benzene rings is 1. The molecule has 1 atom stereocenters. The minimum absolute atomic E-state index is 0.516. The molecule has 1 aromatic carbocycles. The number of aliphatic hydroxyl groups excluding tert-OH is 1. The lowest BCUT2D eigenvalue weighted by Crippen LogP contribution is -1.94. The Morgan fingerprint density at radius 1 is 1.33 bits per heavy atom. The van der Waals surface area contributed by atoms with E-state index in [-0.39, 0.29) is 0 Å². The fraction of sp³-hybridized carbons (Fsp3) is 0.154. The molecule has 1 heterocycles. The number of pyridine rings is 1. The van der Waals surface area contributed by atoms with Crippen molar-refractivity contribution in [3.63, 3.8) is 0 Å². The predicted octanol–water partition coefficient (Wildman–Crippen LogP) is 4.70. The zero-order valence-corrected chi connectivity index (χ0v) is 12.8. The molecule has 94 valence electrons. The summed E-state index contributed by atoms with van der Waals surface area (Å²) in [6, 6.07) is 9.50. The van der Waals surface area contributed by atoms with Gasteiger partial charge in [0.1, 0.15) is 5.03 Å². The summed E-state index contributed by atoms with van der Waals surface area (Å²) in [6.07, 6.45) is 1.10. The van der Waals surface area contributed by atoms with Gasteiger partial charge < -0.3 is 5.11 Å². The zero-order chi connectivity index (χ0) is 13.1. The summed E-state index contributed by atoms with van der Waals surface area (Å²) in [5.41, 5.74) is 0.881. The SMILES string of the molecule is CC(O)c1cc(Br)ccc1Sc1ccc(Cl)cn1. The standard InChI is InChI=1S/C13H11BrClNOS/c1-8(17)11-6-9(14)2-4-12(11)18-13-5-3-10(15)7-16-13/h2-8,17H,1H3. The molecule has 0 spiro atoms. The van der Waals surface area contributed by atoms with Crippen molar-refractivity contribution in [2.24, 2.45) is 0 Å². The average Bonchev–Trinajstić information content (AvgIpc) is 2.34. The maximum Gasteiger partial charge on any atom is 0.101 e. The van der Waals surface area contributed by atoms with Crippen molar-refractivity contribution in [1.82, 2.24) is 4.98 Å². The Hall–Kier alpha value is -0.550. The number of aromatic nitrogens is 1. The number of nitrogens with zero attached hydrogens (tertiary/aromatic N) is 1. The minimum atomic E-state index is -0.516. The first-order valence-corrected chi connectivity index (χ1v) is 7.32. The van der Waals surface area contributed by atoms with E-state index in [4.69, 9.17) is 11.6 Å². The lowest BCUT2D eigenvalue weighted by atomic mass is 10.1. The summed E-state index contributed by atoms with van der Waals surface area (Å²) in [4.78, 5) is 5.22. The lowest BCUT2D eigenvalue weighted by Gasteiger charge is -2.11. The molecule has 0 aliphatic rings. The van der Waals surface area contributed by atoms with Gasteiger partial charge in [0.2, 0.25) is 0 Å². The van der Waals surface area contributed by atoms with Crippen LogP contribution in [-0.4, -0.2) is 10.1 Å². The van der Waals surface area contributed by atoms with Crippen LogP contribution < -0.4 is 0 Å². The normalized spacial score (nSPS) is 12.4. The van der Waals surface area contributed by atoms with Crippen molar-refractivity contribution < 1.29 is 5.11 Å². The van der Waals surface area contributed by atoms with Crippen LogP contribution in [-0.2, 0) is 0 Å². The highest BCUT2D eigenvalue weighted by molar-refractivity contribution is 9.10. The molecule has 18 heavy (non-hydrogen) atoms. The highest BCUT2D eigenvalue weighted by atomic mass is 79.9. The van der Waals surface area contributed by atoms with Crippen molar-refractivity contribution in [3.8, 4) is 0 Å². The van der Waals surface area contributed by atoms with Crippen molar-refractivity contribution in [2.75, 3.05) is 0 Å². The number of rotatable bonds is 3. The van der Waals surface area contributed by atoms with Crippen LogP contribution in [0.4, 0.5) is 0 Å². The van der Waals surface area contributed by atoms with Gasteiger partial charge in [-0.3, -0.25) is 0 Å². The van der Waals surface area contributed by atoms with E-state index >= 15 is 0 Å². The number of halogens is 2. The van der Waals surface area contributed by atoms with E-state index in [1.165, 1.54) is 11.8 Å². The van der Waals surface area contributed by atoms with E-state index in [1.807, 2.05) is 24.3 Å². The topological polar surface area (TPSA) is 33.1 Å².